The van der Waals surface area contributed by atoms with Crippen LogP contribution in [0.1, 0.15) is 11.3 Å². The summed E-state index contributed by atoms with van der Waals surface area (Å²) in [6.07, 6.45) is 0. The lowest BCUT2D eigenvalue weighted by atomic mass is 10.2. The molecule has 0 atom stereocenters. The largest absolute Gasteiger partial charge is 0.363 e. The maximum absolute atomic E-state index is 12.5. The van der Waals surface area contributed by atoms with Crippen molar-refractivity contribution in [2.45, 2.75) is 17.6 Å². The van der Waals surface area contributed by atoms with E-state index in [1.54, 1.807) is 31.1 Å². The molecule has 7 nitrogen and oxygen atoms in total. The van der Waals surface area contributed by atoms with Gasteiger partial charge in [-0.1, -0.05) is 17.7 Å². The molecule has 0 aliphatic rings. The van der Waals surface area contributed by atoms with Gasteiger partial charge in [-0.05, 0) is 25.1 Å². The highest BCUT2D eigenvalue weighted by Crippen LogP contribution is 2.25. The van der Waals surface area contributed by atoms with Crippen LogP contribution in [0.4, 0.5) is 11.5 Å². The average molecular weight is 335 g/mol. The van der Waals surface area contributed by atoms with Crippen molar-refractivity contribution in [2.75, 3.05) is 19.0 Å². The minimum atomic E-state index is -3.71. The number of hydrogen-bond donors (Lipinski definition) is 0. The van der Waals surface area contributed by atoms with E-state index in [9.17, 15) is 18.5 Å². The molecule has 0 amide bonds. The summed E-state index contributed by atoms with van der Waals surface area (Å²) in [5, 5.41) is 11.1. The number of benzene rings is 1. The molecule has 0 N–H and O–H groups in total. The van der Waals surface area contributed by atoms with E-state index in [4.69, 9.17) is 0 Å². The van der Waals surface area contributed by atoms with E-state index in [-0.39, 0.29) is 16.3 Å². The topological polar surface area (TPSA) is 93.4 Å². The van der Waals surface area contributed by atoms with Gasteiger partial charge in [-0.3, -0.25) is 10.1 Å². The van der Waals surface area contributed by atoms with E-state index in [1.807, 2.05) is 6.92 Å². The number of anilines is 1. The van der Waals surface area contributed by atoms with Gasteiger partial charge in [-0.2, -0.15) is 0 Å². The molecule has 2 rings (SSSR count). The molecule has 0 unspecified atom stereocenters. The molecular weight excluding hydrogens is 318 g/mol. The number of rotatable bonds is 5. The Bertz CT molecular complexity index is 830. The minimum absolute atomic E-state index is 0.0678. The standard InChI is InChI=1S/C15H17N3O4S/c1-11-4-6-12(7-5-11)23(21,22)10-13-14(18(19)20)8-9-15(16-13)17(2)3/h4-9H,10H2,1-3H3. The zero-order valence-corrected chi connectivity index (χ0v) is 13.9. The van der Waals surface area contributed by atoms with Crippen molar-refractivity contribution < 1.29 is 13.3 Å². The van der Waals surface area contributed by atoms with Crippen LogP contribution >= 0.6 is 0 Å². The fourth-order valence-corrected chi connectivity index (χ4v) is 3.30. The van der Waals surface area contributed by atoms with Gasteiger partial charge in [0.1, 0.15) is 17.3 Å². The molecule has 0 saturated carbocycles. The van der Waals surface area contributed by atoms with Gasteiger partial charge in [0.05, 0.1) is 9.82 Å². The van der Waals surface area contributed by atoms with Crippen molar-refractivity contribution in [3.05, 3.63) is 57.8 Å². The molecule has 122 valence electrons. The predicted octanol–water partition coefficient (Wildman–Crippen LogP) is 2.34. The number of aryl methyl sites for hydroxylation is 1. The van der Waals surface area contributed by atoms with E-state index >= 15 is 0 Å². The summed E-state index contributed by atoms with van der Waals surface area (Å²) >= 11 is 0. The Hall–Kier alpha value is -2.48. The highest BCUT2D eigenvalue weighted by atomic mass is 32.2. The molecular formula is C15H17N3O4S. The van der Waals surface area contributed by atoms with Gasteiger partial charge in [0, 0.05) is 20.2 Å². The van der Waals surface area contributed by atoms with Gasteiger partial charge in [0.2, 0.25) is 0 Å². The Kier molecular flexibility index (Phi) is 4.65. The molecule has 1 heterocycles. The van der Waals surface area contributed by atoms with Gasteiger partial charge in [-0.25, -0.2) is 13.4 Å². The van der Waals surface area contributed by atoms with Crippen molar-refractivity contribution in [3.63, 3.8) is 0 Å². The van der Waals surface area contributed by atoms with E-state index in [2.05, 4.69) is 4.98 Å². The van der Waals surface area contributed by atoms with E-state index < -0.39 is 20.5 Å². The molecule has 0 bridgehead atoms. The molecule has 23 heavy (non-hydrogen) atoms. The summed E-state index contributed by atoms with van der Waals surface area (Å²) in [6.45, 7) is 1.85. The lowest BCUT2D eigenvalue weighted by Gasteiger charge is -2.13. The van der Waals surface area contributed by atoms with Crippen molar-refractivity contribution in [2.24, 2.45) is 0 Å². The maximum Gasteiger partial charge on any atom is 0.291 e. The lowest BCUT2D eigenvalue weighted by Crippen LogP contribution is -2.14. The van der Waals surface area contributed by atoms with Crippen LogP contribution in [0.25, 0.3) is 0 Å². The Morgan fingerprint density at radius 1 is 1.13 bits per heavy atom. The van der Waals surface area contributed by atoms with E-state index in [1.165, 1.54) is 24.3 Å². The second-order valence-corrected chi connectivity index (χ2v) is 7.35. The Morgan fingerprint density at radius 2 is 1.74 bits per heavy atom. The van der Waals surface area contributed by atoms with Crippen LogP contribution in [0.15, 0.2) is 41.3 Å². The quantitative estimate of drug-likeness (QED) is 0.615. The first-order chi connectivity index (χ1) is 10.7. The van der Waals surface area contributed by atoms with E-state index in [0.717, 1.165) is 5.56 Å². The third-order valence-electron chi connectivity index (χ3n) is 3.30. The Morgan fingerprint density at radius 3 is 2.26 bits per heavy atom. The first-order valence-electron chi connectivity index (χ1n) is 6.82. The van der Waals surface area contributed by atoms with Crippen LogP contribution in [-0.2, 0) is 15.6 Å². The summed E-state index contributed by atoms with van der Waals surface area (Å²) in [4.78, 5) is 16.4. The zero-order chi connectivity index (χ0) is 17.2. The second kappa shape index (κ2) is 6.33. The number of sulfone groups is 1. The number of nitro groups is 1. The SMILES string of the molecule is Cc1ccc(S(=O)(=O)Cc2nc(N(C)C)ccc2[N+](=O)[O-])cc1. The van der Waals surface area contributed by atoms with Gasteiger partial charge >= 0.3 is 0 Å². The van der Waals surface area contributed by atoms with Gasteiger partial charge in [-0.15, -0.1) is 0 Å². The third-order valence-corrected chi connectivity index (χ3v) is 4.94. The molecule has 0 aliphatic heterocycles. The first kappa shape index (κ1) is 16.9. The monoisotopic (exact) mass is 335 g/mol. The molecule has 0 saturated heterocycles. The highest BCUT2D eigenvalue weighted by Gasteiger charge is 2.24. The fourth-order valence-electron chi connectivity index (χ4n) is 2.01. The van der Waals surface area contributed by atoms with Crippen LogP contribution in [-0.4, -0.2) is 32.4 Å². The average Bonchev–Trinajstić information content (AvgIpc) is 2.46. The van der Waals surface area contributed by atoms with Gasteiger partial charge < -0.3 is 4.90 Å². The van der Waals surface area contributed by atoms with Gasteiger partial charge in [0.25, 0.3) is 5.69 Å². The lowest BCUT2D eigenvalue weighted by molar-refractivity contribution is -0.385. The molecule has 1 aromatic heterocycles. The summed E-state index contributed by atoms with van der Waals surface area (Å²) in [6, 6.07) is 9.12. The molecule has 0 fully saturated rings. The van der Waals surface area contributed by atoms with Crippen LogP contribution in [0.3, 0.4) is 0 Å². The normalized spacial score (nSPS) is 11.3. The highest BCUT2D eigenvalue weighted by molar-refractivity contribution is 7.90. The minimum Gasteiger partial charge on any atom is -0.363 e. The second-order valence-electron chi connectivity index (χ2n) is 5.36. The molecule has 2 aromatic rings. The van der Waals surface area contributed by atoms with Crippen LogP contribution < -0.4 is 4.90 Å². The number of pyridine rings is 1. The van der Waals surface area contributed by atoms with Crippen LogP contribution in [0.2, 0.25) is 0 Å². The van der Waals surface area contributed by atoms with Crippen molar-refractivity contribution in [1.29, 1.82) is 0 Å². The molecule has 0 aliphatic carbocycles. The summed E-state index contributed by atoms with van der Waals surface area (Å²) < 4.78 is 25.0. The fraction of sp³-hybridized carbons (Fsp3) is 0.267. The molecule has 1 aromatic carbocycles. The zero-order valence-electron chi connectivity index (χ0n) is 13.1. The van der Waals surface area contributed by atoms with Gasteiger partial charge in [0.15, 0.2) is 9.84 Å². The summed E-state index contributed by atoms with van der Waals surface area (Å²) in [5.41, 5.74) is 0.565. The molecule has 0 radical (unpaired) electrons. The number of aromatic nitrogens is 1. The number of hydrogen-bond acceptors (Lipinski definition) is 6. The van der Waals surface area contributed by atoms with Crippen LogP contribution in [0.5, 0.6) is 0 Å². The smallest absolute Gasteiger partial charge is 0.291 e. The van der Waals surface area contributed by atoms with Crippen molar-refractivity contribution in [3.8, 4) is 0 Å². The molecule has 0 spiro atoms. The Labute approximate surface area is 134 Å². The van der Waals surface area contributed by atoms with E-state index in [0.29, 0.717) is 5.82 Å². The Balaban J connectivity index is 2.46. The first-order valence-corrected chi connectivity index (χ1v) is 8.47. The summed E-state index contributed by atoms with van der Waals surface area (Å²) in [7, 11) is -0.257. The van der Waals surface area contributed by atoms with Crippen molar-refractivity contribution in [1.82, 2.24) is 4.98 Å². The maximum atomic E-state index is 12.5. The van der Waals surface area contributed by atoms with Crippen molar-refractivity contribution >= 4 is 21.3 Å². The third kappa shape index (κ3) is 3.84. The molecule has 8 heteroatoms. The summed E-state index contributed by atoms with van der Waals surface area (Å²) in [5.74, 6) is -0.0571. The number of nitrogens with zero attached hydrogens (tertiary/aromatic N) is 3. The predicted molar refractivity (Wildman–Crippen MR) is 87.3 cm³/mol. The van der Waals surface area contributed by atoms with Crippen LogP contribution in [0, 0.1) is 17.0 Å².